The molecule has 0 spiro atoms. The van der Waals surface area contributed by atoms with Gasteiger partial charge < -0.3 is 5.32 Å². The molecule has 1 N–H and O–H groups in total. The molecule has 0 aliphatic heterocycles. The fourth-order valence-electron chi connectivity index (χ4n) is 1.90. The second kappa shape index (κ2) is 6.34. The van der Waals surface area contributed by atoms with Crippen LogP contribution < -0.4 is 5.32 Å². The molecule has 17 heavy (non-hydrogen) atoms. The van der Waals surface area contributed by atoms with Crippen molar-refractivity contribution in [1.82, 2.24) is 5.32 Å². The Hall–Kier alpha value is -0.640. The second-order valence-electron chi connectivity index (χ2n) is 4.03. The molecule has 1 aromatic heterocycles. The minimum Gasteiger partial charge on any atom is -0.312 e. The van der Waals surface area contributed by atoms with Crippen molar-refractivity contribution < 1.29 is 0 Å². The van der Waals surface area contributed by atoms with E-state index < -0.39 is 0 Å². The number of nitrogens with one attached hydrogen (secondary N) is 1. The maximum Gasteiger partial charge on any atom is 0.0415 e. The van der Waals surface area contributed by atoms with Crippen LogP contribution in [-0.4, -0.2) is 7.05 Å². The molecule has 0 aliphatic rings. The third kappa shape index (κ3) is 3.66. The highest BCUT2D eigenvalue weighted by atomic mass is 79.9. The minimum absolute atomic E-state index is 0.450. The summed E-state index contributed by atoms with van der Waals surface area (Å²) in [5.41, 5.74) is 1.41. The van der Waals surface area contributed by atoms with Gasteiger partial charge in [0.05, 0.1) is 0 Å². The van der Waals surface area contributed by atoms with Crippen molar-refractivity contribution in [2.24, 2.45) is 0 Å². The van der Waals surface area contributed by atoms with E-state index in [9.17, 15) is 0 Å². The van der Waals surface area contributed by atoms with Crippen molar-refractivity contribution in [3.63, 3.8) is 0 Å². The fourth-order valence-corrected chi connectivity index (χ4v) is 3.49. The van der Waals surface area contributed by atoms with E-state index in [0.717, 1.165) is 12.8 Å². The number of aryl methyl sites for hydroxylation is 1. The zero-order valence-electron chi connectivity index (χ0n) is 9.82. The van der Waals surface area contributed by atoms with E-state index in [0.29, 0.717) is 6.04 Å². The third-order valence-corrected chi connectivity index (χ3v) is 4.65. The average Bonchev–Trinajstić information content (AvgIpc) is 2.78. The van der Waals surface area contributed by atoms with Gasteiger partial charge in [-0.2, -0.15) is 0 Å². The van der Waals surface area contributed by atoms with Crippen molar-refractivity contribution in [2.75, 3.05) is 7.05 Å². The molecule has 1 heterocycles. The number of rotatable bonds is 5. The zero-order chi connectivity index (χ0) is 12.1. The molecule has 0 saturated heterocycles. The maximum absolute atomic E-state index is 3.51. The predicted octanol–water partition coefficient (Wildman–Crippen LogP) is 4.40. The first-order valence-corrected chi connectivity index (χ1v) is 7.42. The quantitative estimate of drug-likeness (QED) is 0.863. The van der Waals surface area contributed by atoms with Gasteiger partial charge in [0.1, 0.15) is 0 Å². The van der Waals surface area contributed by atoms with E-state index in [-0.39, 0.29) is 0 Å². The van der Waals surface area contributed by atoms with E-state index in [1.165, 1.54) is 14.9 Å². The molecular weight excluding hydrogens is 294 g/mol. The van der Waals surface area contributed by atoms with Crippen LogP contribution >= 0.6 is 27.3 Å². The normalized spacial score (nSPS) is 12.6. The number of halogens is 1. The van der Waals surface area contributed by atoms with Crippen molar-refractivity contribution >= 4 is 27.3 Å². The first kappa shape index (κ1) is 12.8. The molecule has 0 fully saturated rings. The number of hydrogen-bond acceptors (Lipinski definition) is 2. The van der Waals surface area contributed by atoms with Crippen molar-refractivity contribution in [3.8, 4) is 0 Å². The van der Waals surface area contributed by atoms with Crippen LogP contribution in [-0.2, 0) is 6.42 Å². The highest BCUT2D eigenvalue weighted by molar-refractivity contribution is 9.10. The van der Waals surface area contributed by atoms with Gasteiger partial charge in [-0.25, -0.2) is 0 Å². The van der Waals surface area contributed by atoms with Crippen LogP contribution in [0.15, 0.2) is 46.3 Å². The van der Waals surface area contributed by atoms with Gasteiger partial charge in [-0.3, -0.25) is 0 Å². The fraction of sp³-hybridized carbons (Fsp3) is 0.286. The van der Waals surface area contributed by atoms with Crippen LogP contribution in [0.25, 0.3) is 0 Å². The lowest BCUT2D eigenvalue weighted by Crippen LogP contribution is -2.15. The van der Waals surface area contributed by atoms with Gasteiger partial charge in [-0.05, 0) is 47.4 Å². The van der Waals surface area contributed by atoms with Gasteiger partial charge in [0.2, 0.25) is 0 Å². The molecule has 0 amide bonds. The first-order chi connectivity index (χ1) is 8.29. The molecule has 1 atom stereocenters. The van der Waals surface area contributed by atoms with Gasteiger partial charge >= 0.3 is 0 Å². The molecule has 90 valence electrons. The van der Waals surface area contributed by atoms with Gasteiger partial charge in [0.15, 0.2) is 0 Å². The highest BCUT2D eigenvalue weighted by Gasteiger charge is 2.11. The smallest absolute Gasteiger partial charge is 0.0415 e. The summed E-state index contributed by atoms with van der Waals surface area (Å²) >= 11 is 5.32. The standard InChI is InChI=1S/C14H16BrNS/c1-16-13(14-9-12(15)10-17-14)8-7-11-5-3-2-4-6-11/h2-6,9-10,13,16H,7-8H2,1H3. The molecule has 0 radical (unpaired) electrons. The van der Waals surface area contributed by atoms with Crippen LogP contribution in [0, 0.1) is 0 Å². The summed E-state index contributed by atoms with van der Waals surface area (Å²) in [5, 5.41) is 5.53. The Morgan fingerprint density at radius 2 is 2.06 bits per heavy atom. The minimum atomic E-state index is 0.450. The topological polar surface area (TPSA) is 12.0 Å². The number of benzene rings is 1. The summed E-state index contributed by atoms with van der Waals surface area (Å²) in [6.07, 6.45) is 2.25. The lowest BCUT2D eigenvalue weighted by Gasteiger charge is -2.14. The Bertz CT molecular complexity index is 452. The Labute approximate surface area is 115 Å². The lowest BCUT2D eigenvalue weighted by atomic mass is 10.0. The molecule has 3 heteroatoms. The van der Waals surface area contributed by atoms with E-state index in [1.807, 2.05) is 18.4 Å². The highest BCUT2D eigenvalue weighted by Crippen LogP contribution is 2.28. The number of hydrogen-bond donors (Lipinski definition) is 1. The van der Waals surface area contributed by atoms with Crippen molar-refractivity contribution in [1.29, 1.82) is 0 Å². The Morgan fingerprint density at radius 3 is 2.65 bits per heavy atom. The summed E-state index contributed by atoms with van der Waals surface area (Å²) in [4.78, 5) is 1.40. The zero-order valence-corrected chi connectivity index (χ0v) is 12.2. The van der Waals surface area contributed by atoms with Gasteiger partial charge in [-0.1, -0.05) is 30.3 Å². The summed E-state index contributed by atoms with van der Waals surface area (Å²) < 4.78 is 1.18. The monoisotopic (exact) mass is 309 g/mol. The van der Waals surface area contributed by atoms with Gasteiger partial charge in [0.25, 0.3) is 0 Å². The Kier molecular flexibility index (Phi) is 4.77. The molecule has 2 rings (SSSR count). The van der Waals surface area contributed by atoms with Crippen LogP contribution in [0.1, 0.15) is 22.9 Å². The summed E-state index contributed by atoms with van der Waals surface area (Å²) in [6.45, 7) is 0. The van der Waals surface area contributed by atoms with Crippen molar-refractivity contribution in [3.05, 3.63) is 56.7 Å². The molecule has 0 aliphatic carbocycles. The summed E-state index contributed by atoms with van der Waals surface area (Å²) in [6, 6.07) is 13.3. The van der Waals surface area contributed by atoms with Crippen LogP contribution in [0.2, 0.25) is 0 Å². The SMILES string of the molecule is CNC(CCc1ccccc1)c1cc(Br)cs1. The summed E-state index contributed by atoms with van der Waals surface area (Å²) in [5.74, 6) is 0. The molecule has 2 aromatic rings. The van der Waals surface area contributed by atoms with Gasteiger partial charge in [0, 0.05) is 20.8 Å². The average molecular weight is 310 g/mol. The van der Waals surface area contributed by atoms with E-state index in [2.05, 4.69) is 63.0 Å². The van der Waals surface area contributed by atoms with E-state index >= 15 is 0 Å². The van der Waals surface area contributed by atoms with Crippen molar-refractivity contribution in [2.45, 2.75) is 18.9 Å². The Balaban J connectivity index is 1.97. The molecule has 1 aromatic carbocycles. The van der Waals surface area contributed by atoms with E-state index in [1.54, 1.807) is 0 Å². The van der Waals surface area contributed by atoms with E-state index in [4.69, 9.17) is 0 Å². The van der Waals surface area contributed by atoms with Crippen LogP contribution in [0.4, 0.5) is 0 Å². The maximum atomic E-state index is 3.51. The molecule has 1 nitrogen and oxygen atoms in total. The number of thiophene rings is 1. The van der Waals surface area contributed by atoms with Crippen LogP contribution in [0.3, 0.4) is 0 Å². The second-order valence-corrected chi connectivity index (χ2v) is 5.89. The third-order valence-electron chi connectivity index (χ3n) is 2.84. The molecular formula is C14H16BrNS. The Morgan fingerprint density at radius 1 is 1.29 bits per heavy atom. The summed E-state index contributed by atoms with van der Waals surface area (Å²) in [7, 11) is 2.03. The molecule has 1 unspecified atom stereocenters. The van der Waals surface area contributed by atoms with Crippen LogP contribution in [0.5, 0.6) is 0 Å². The molecule has 0 saturated carbocycles. The lowest BCUT2D eigenvalue weighted by molar-refractivity contribution is 0.558. The van der Waals surface area contributed by atoms with Gasteiger partial charge in [-0.15, -0.1) is 11.3 Å². The largest absolute Gasteiger partial charge is 0.312 e. The first-order valence-electron chi connectivity index (χ1n) is 5.74. The predicted molar refractivity (Wildman–Crippen MR) is 78.6 cm³/mol. The molecule has 0 bridgehead atoms.